The Balaban J connectivity index is 1.30. The smallest absolute Gasteiger partial charge is 0.320 e. The highest BCUT2D eigenvalue weighted by Gasteiger charge is 2.20. The van der Waals surface area contributed by atoms with E-state index in [2.05, 4.69) is 43.7 Å². The molecule has 0 amide bonds. The lowest BCUT2D eigenvalue weighted by molar-refractivity contribution is -0.0520. The first-order valence-electron chi connectivity index (χ1n) is 10.4. The lowest BCUT2D eigenvalue weighted by Crippen LogP contribution is -2.32. The Morgan fingerprint density at radius 3 is 2.41 bits per heavy atom. The topological polar surface area (TPSA) is 78.4 Å². The van der Waals surface area contributed by atoms with Crippen LogP contribution in [0.15, 0.2) is 36.5 Å². The molecule has 2 aliphatic rings. The molecule has 0 bridgehead atoms. The minimum Gasteiger partial charge on any atom is -0.463 e. The first kappa shape index (κ1) is 18.4. The molecule has 1 aromatic carbocycles. The SMILES string of the molecule is Nc1nc(OCC2COC2)nc2c1ccn2Cc1ccc(CN2CCCC2)cc1. The van der Waals surface area contributed by atoms with Crippen molar-refractivity contribution >= 4 is 16.9 Å². The predicted octanol–water partition coefficient (Wildman–Crippen LogP) is 2.68. The second kappa shape index (κ2) is 8.00. The molecular formula is C22H27N5O2. The van der Waals surface area contributed by atoms with Crippen LogP contribution >= 0.6 is 0 Å². The molecule has 2 fully saturated rings. The van der Waals surface area contributed by atoms with Crippen molar-refractivity contribution in [3.8, 4) is 6.01 Å². The van der Waals surface area contributed by atoms with Gasteiger partial charge >= 0.3 is 6.01 Å². The summed E-state index contributed by atoms with van der Waals surface area (Å²) in [6.07, 6.45) is 4.66. The van der Waals surface area contributed by atoms with Gasteiger partial charge in [-0.05, 0) is 43.1 Å². The van der Waals surface area contributed by atoms with E-state index in [1.54, 1.807) is 0 Å². The molecule has 3 aromatic rings. The zero-order valence-electron chi connectivity index (χ0n) is 16.6. The average molecular weight is 393 g/mol. The first-order chi connectivity index (χ1) is 14.2. The number of hydrogen-bond donors (Lipinski definition) is 1. The standard InChI is InChI=1S/C22H27N5O2/c23-20-19-7-10-27(21(19)25-22(24-20)29-15-18-13-28-14-18)12-17-5-3-16(4-6-17)11-26-8-1-2-9-26/h3-7,10,18H,1-2,8-9,11-15H2,(H2,23,24,25). The number of rotatable bonds is 7. The van der Waals surface area contributed by atoms with E-state index in [1.165, 1.54) is 37.1 Å². The van der Waals surface area contributed by atoms with Crippen molar-refractivity contribution in [2.45, 2.75) is 25.9 Å². The van der Waals surface area contributed by atoms with Crippen molar-refractivity contribution in [3.63, 3.8) is 0 Å². The van der Waals surface area contributed by atoms with Gasteiger partial charge in [0, 0.05) is 25.2 Å². The summed E-state index contributed by atoms with van der Waals surface area (Å²) in [4.78, 5) is 11.4. The van der Waals surface area contributed by atoms with Crippen molar-refractivity contribution in [3.05, 3.63) is 47.7 Å². The van der Waals surface area contributed by atoms with Crippen LogP contribution in [0.1, 0.15) is 24.0 Å². The monoisotopic (exact) mass is 393 g/mol. The normalized spacial score (nSPS) is 17.7. The van der Waals surface area contributed by atoms with Crippen LogP contribution < -0.4 is 10.5 Å². The van der Waals surface area contributed by atoms with E-state index in [0.29, 0.717) is 24.4 Å². The summed E-state index contributed by atoms with van der Waals surface area (Å²) in [5.74, 6) is 0.871. The van der Waals surface area contributed by atoms with E-state index in [0.717, 1.165) is 37.3 Å². The number of aromatic nitrogens is 3. The number of hydrogen-bond acceptors (Lipinski definition) is 6. The van der Waals surface area contributed by atoms with Crippen LogP contribution in [-0.2, 0) is 17.8 Å². The molecule has 4 heterocycles. The largest absolute Gasteiger partial charge is 0.463 e. The number of ether oxygens (including phenoxy) is 2. The van der Waals surface area contributed by atoms with Gasteiger partial charge in [0.05, 0.1) is 25.2 Å². The maximum atomic E-state index is 6.14. The van der Waals surface area contributed by atoms with E-state index in [4.69, 9.17) is 15.2 Å². The summed E-state index contributed by atoms with van der Waals surface area (Å²) in [6.45, 7) is 6.25. The lowest BCUT2D eigenvalue weighted by Gasteiger charge is -2.25. The van der Waals surface area contributed by atoms with Gasteiger partial charge in [-0.1, -0.05) is 24.3 Å². The summed E-state index contributed by atoms with van der Waals surface area (Å²) in [6, 6.07) is 11.2. The predicted molar refractivity (Wildman–Crippen MR) is 112 cm³/mol. The summed E-state index contributed by atoms with van der Waals surface area (Å²) in [5.41, 5.74) is 9.55. The highest BCUT2D eigenvalue weighted by Crippen LogP contribution is 2.23. The minimum absolute atomic E-state index is 0.336. The van der Waals surface area contributed by atoms with Crippen molar-refractivity contribution in [1.29, 1.82) is 0 Å². The maximum absolute atomic E-state index is 6.14. The summed E-state index contributed by atoms with van der Waals surface area (Å²) < 4.78 is 13.0. The summed E-state index contributed by atoms with van der Waals surface area (Å²) in [5, 5.41) is 0.856. The summed E-state index contributed by atoms with van der Waals surface area (Å²) in [7, 11) is 0. The molecule has 2 N–H and O–H groups in total. The minimum atomic E-state index is 0.336. The maximum Gasteiger partial charge on any atom is 0.320 e. The first-order valence-corrected chi connectivity index (χ1v) is 10.4. The van der Waals surface area contributed by atoms with Crippen LogP contribution in [0.3, 0.4) is 0 Å². The molecule has 7 heteroatoms. The Hall–Kier alpha value is -2.64. The van der Waals surface area contributed by atoms with Gasteiger partial charge in [0.1, 0.15) is 11.5 Å². The second-order valence-electron chi connectivity index (χ2n) is 8.09. The molecule has 0 spiro atoms. The number of nitrogen functional groups attached to an aromatic ring is 1. The highest BCUT2D eigenvalue weighted by molar-refractivity contribution is 5.86. The summed E-state index contributed by atoms with van der Waals surface area (Å²) >= 11 is 0. The molecule has 0 unspecified atom stereocenters. The molecule has 5 rings (SSSR count). The van der Waals surface area contributed by atoms with Crippen molar-refractivity contribution in [2.24, 2.45) is 5.92 Å². The highest BCUT2D eigenvalue weighted by atomic mass is 16.5. The number of fused-ring (bicyclic) bond motifs is 1. The van der Waals surface area contributed by atoms with Crippen LogP contribution in [0.25, 0.3) is 11.0 Å². The molecule has 0 saturated carbocycles. The Kier molecular flexibility index (Phi) is 5.08. The Bertz CT molecular complexity index is 975. The third-order valence-electron chi connectivity index (χ3n) is 5.76. The van der Waals surface area contributed by atoms with Gasteiger partial charge in [0.2, 0.25) is 0 Å². The number of nitrogens with zero attached hydrogens (tertiary/aromatic N) is 4. The number of likely N-dealkylation sites (tertiary alicyclic amines) is 1. The molecule has 0 aliphatic carbocycles. The van der Waals surface area contributed by atoms with Gasteiger partial charge in [0.25, 0.3) is 0 Å². The average Bonchev–Trinajstić information content (AvgIpc) is 3.33. The van der Waals surface area contributed by atoms with Gasteiger partial charge in [-0.15, -0.1) is 0 Å². The van der Waals surface area contributed by atoms with Gasteiger partial charge in [-0.2, -0.15) is 9.97 Å². The molecule has 2 saturated heterocycles. The van der Waals surface area contributed by atoms with Crippen LogP contribution in [0.5, 0.6) is 6.01 Å². The Morgan fingerprint density at radius 2 is 1.72 bits per heavy atom. The van der Waals surface area contributed by atoms with Gasteiger partial charge in [-0.3, -0.25) is 4.90 Å². The van der Waals surface area contributed by atoms with Crippen molar-refractivity contribution in [2.75, 3.05) is 38.6 Å². The Labute approximate surface area is 170 Å². The zero-order chi connectivity index (χ0) is 19.6. The quantitative estimate of drug-likeness (QED) is 0.665. The second-order valence-corrected chi connectivity index (χ2v) is 8.09. The molecule has 29 heavy (non-hydrogen) atoms. The van der Waals surface area contributed by atoms with Gasteiger partial charge in [0.15, 0.2) is 0 Å². The van der Waals surface area contributed by atoms with Crippen LogP contribution in [0.4, 0.5) is 5.82 Å². The van der Waals surface area contributed by atoms with E-state index in [1.807, 2.05) is 12.3 Å². The molecule has 7 nitrogen and oxygen atoms in total. The van der Waals surface area contributed by atoms with Crippen LogP contribution in [0, 0.1) is 5.92 Å². The van der Waals surface area contributed by atoms with Gasteiger partial charge < -0.3 is 19.8 Å². The molecule has 0 atom stereocenters. The number of nitrogens with two attached hydrogens (primary N) is 1. The number of benzene rings is 1. The third kappa shape index (κ3) is 4.06. The van der Waals surface area contributed by atoms with Crippen LogP contribution in [0.2, 0.25) is 0 Å². The van der Waals surface area contributed by atoms with Crippen molar-refractivity contribution < 1.29 is 9.47 Å². The van der Waals surface area contributed by atoms with Gasteiger partial charge in [-0.25, -0.2) is 0 Å². The lowest BCUT2D eigenvalue weighted by atomic mass is 10.1. The van der Waals surface area contributed by atoms with E-state index in [-0.39, 0.29) is 0 Å². The van der Waals surface area contributed by atoms with Crippen molar-refractivity contribution in [1.82, 2.24) is 19.4 Å². The van der Waals surface area contributed by atoms with E-state index < -0.39 is 0 Å². The molecule has 2 aromatic heterocycles. The fraction of sp³-hybridized carbons (Fsp3) is 0.455. The zero-order valence-corrected chi connectivity index (χ0v) is 16.6. The molecular weight excluding hydrogens is 366 g/mol. The fourth-order valence-corrected chi connectivity index (χ4v) is 3.98. The number of anilines is 1. The Morgan fingerprint density at radius 1 is 1.00 bits per heavy atom. The van der Waals surface area contributed by atoms with E-state index in [9.17, 15) is 0 Å². The molecule has 152 valence electrons. The third-order valence-corrected chi connectivity index (χ3v) is 5.76. The van der Waals surface area contributed by atoms with Crippen LogP contribution in [-0.4, -0.2) is 52.3 Å². The molecule has 0 radical (unpaired) electrons. The fourth-order valence-electron chi connectivity index (χ4n) is 3.98. The molecule has 2 aliphatic heterocycles. The van der Waals surface area contributed by atoms with E-state index >= 15 is 0 Å².